The first-order valence-electron chi connectivity index (χ1n) is 7.16. The molecule has 5 heteroatoms. The fourth-order valence-corrected chi connectivity index (χ4v) is 3.77. The van der Waals surface area contributed by atoms with Crippen molar-refractivity contribution in [3.8, 4) is 0 Å². The van der Waals surface area contributed by atoms with Crippen molar-refractivity contribution in [1.82, 2.24) is 4.72 Å². The highest BCUT2D eigenvalue weighted by molar-refractivity contribution is 7.89. The molecule has 4 nitrogen and oxygen atoms in total. The van der Waals surface area contributed by atoms with Crippen LogP contribution in [0.5, 0.6) is 0 Å². The molecule has 0 aromatic heterocycles. The van der Waals surface area contributed by atoms with Crippen molar-refractivity contribution in [2.24, 2.45) is 5.92 Å². The molecule has 20 heavy (non-hydrogen) atoms. The molecule has 0 bridgehead atoms. The second-order valence-corrected chi connectivity index (χ2v) is 7.40. The van der Waals surface area contributed by atoms with E-state index in [2.05, 4.69) is 16.9 Å². The first kappa shape index (κ1) is 15.5. The third kappa shape index (κ3) is 4.89. The van der Waals surface area contributed by atoms with Crippen molar-refractivity contribution in [1.29, 1.82) is 0 Å². The Kier molecular flexibility index (Phi) is 5.57. The van der Waals surface area contributed by atoms with Gasteiger partial charge in [-0.1, -0.05) is 30.3 Å². The summed E-state index contributed by atoms with van der Waals surface area (Å²) in [5.74, 6) is 0.513. The Balaban J connectivity index is 1.72. The first-order valence-corrected chi connectivity index (χ1v) is 8.81. The molecule has 0 aliphatic heterocycles. The molecule has 1 aromatic carbocycles. The molecule has 1 N–H and O–H groups in total. The van der Waals surface area contributed by atoms with Gasteiger partial charge in [-0.3, -0.25) is 0 Å². The van der Waals surface area contributed by atoms with Crippen LogP contribution in [-0.4, -0.2) is 27.3 Å². The smallest absolute Gasteiger partial charge is 0.211 e. The molecule has 0 atom stereocenters. The summed E-state index contributed by atoms with van der Waals surface area (Å²) >= 11 is 0. The van der Waals surface area contributed by atoms with Gasteiger partial charge in [0.05, 0.1) is 18.5 Å². The molecule has 0 spiro atoms. The van der Waals surface area contributed by atoms with Crippen LogP contribution in [0.15, 0.2) is 30.3 Å². The Labute approximate surface area is 121 Å². The van der Waals surface area contributed by atoms with Gasteiger partial charge in [0.2, 0.25) is 10.0 Å². The monoisotopic (exact) mass is 297 g/mol. The van der Waals surface area contributed by atoms with E-state index in [9.17, 15) is 8.42 Å². The number of nitrogens with one attached hydrogen (secondary N) is 1. The zero-order valence-corrected chi connectivity index (χ0v) is 12.7. The summed E-state index contributed by atoms with van der Waals surface area (Å²) in [5, 5.41) is 0. The first-order chi connectivity index (χ1) is 9.59. The average molecular weight is 297 g/mol. The quantitative estimate of drug-likeness (QED) is 0.876. The zero-order valence-electron chi connectivity index (χ0n) is 11.9. The van der Waals surface area contributed by atoms with Crippen molar-refractivity contribution in [3.63, 3.8) is 0 Å². The summed E-state index contributed by atoms with van der Waals surface area (Å²) in [6, 6.07) is 10.1. The summed E-state index contributed by atoms with van der Waals surface area (Å²) in [5.41, 5.74) is 1.19. The minimum absolute atomic E-state index is 0.245. The van der Waals surface area contributed by atoms with Gasteiger partial charge in [0.25, 0.3) is 0 Å². The van der Waals surface area contributed by atoms with Crippen LogP contribution in [0, 0.1) is 5.92 Å². The van der Waals surface area contributed by atoms with Gasteiger partial charge in [0.1, 0.15) is 0 Å². The Bertz CT molecular complexity index is 493. The topological polar surface area (TPSA) is 55.4 Å². The average Bonchev–Trinajstić information content (AvgIpc) is 2.47. The van der Waals surface area contributed by atoms with Crippen molar-refractivity contribution >= 4 is 10.0 Å². The number of benzene rings is 1. The number of rotatable bonds is 6. The molecule has 1 saturated carbocycles. The predicted molar refractivity (Wildman–Crippen MR) is 79.8 cm³/mol. The van der Waals surface area contributed by atoms with Crippen molar-refractivity contribution < 1.29 is 13.2 Å². The van der Waals surface area contributed by atoms with Crippen molar-refractivity contribution in [2.45, 2.75) is 38.4 Å². The number of ether oxygens (including phenoxy) is 1. The van der Waals surface area contributed by atoms with Crippen LogP contribution in [0.2, 0.25) is 0 Å². The normalized spacial score (nSPS) is 23.6. The molecule has 1 fully saturated rings. The molecule has 0 heterocycles. The van der Waals surface area contributed by atoms with Crippen LogP contribution in [0.3, 0.4) is 0 Å². The lowest BCUT2D eigenvalue weighted by atomic mass is 9.89. The molecule has 1 aromatic rings. The summed E-state index contributed by atoms with van der Waals surface area (Å²) in [7, 11) is -1.61. The Morgan fingerprint density at radius 2 is 1.80 bits per heavy atom. The number of hydrogen-bond donors (Lipinski definition) is 1. The van der Waals surface area contributed by atoms with Gasteiger partial charge >= 0.3 is 0 Å². The molecule has 2 rings (SSSR count). The zero-order chi connectivity index (χ0) is 14.4. The second-order valence-electron chi connectivity index (χ2n) is 5.42. The van der Waals surface area contributed by atoms with E-state index in [1.807, 2.05) is 18.2 Å². The van der Waals surface area contributed by atoms with Gasteiger partial charge in [-0.05, 0) is 44.2 Å². The highest BCUT2D eigenvalue weighted by atomic mass is 32.2. The van der Waals surface area contributed by atoms with Gasteiger partial charge in [0, 0.05) is 0 Å². The Hall–Kier alpha value is -0.910. The number of sulfonamides is 1. The van der Waals surface area contributed by atoms with Gasteiger partial charge in [-0.2, -0.15) is 0 Å². The van der Waals surface area contributed by atoms with Gasteiger partial charge in [-0.25, -0.2) is 13.1 Å². The molecule has 0 saturated heterocycles. The molecular formula is C15H23NO3S. The van der Waals surface area contributed by atoms with E-state index in [-0.39, 0.29) is 17.8 Å². The largest absolute Gasteiger partial charge is 0.374 e. The highest BCUT2D eigenvalue weighted by Crippen LogP contribution is 2.27. The Morgan fingerprint density at radius 1 is 1.15 bits per heavy atom. The molecule has 0 unspecified atom stereocenters. The van der Waals surface area contributed by atoms with E-state index in [0.717, 1.165) is 25.7 Å². The minimum atomic E-state index is -3.08. The van der Waals surface area contributed by atoms with E-state index in [1.165, 1.54) is 12.6 Å². The SMILES string of the molecule is CNS(=O)(=O)C[C@H]1CC[C@H](OCc2ccccc2)CC1. The molecule has 0 amide bonds. The second kappa shape index (κ2) is 7.20. The lowest BCUT2D eigenvalue weighted by molar-refractivity contribution is 0.00902. The van der Waals surface area contributed by atoms with E-state index in [4.69, 9.17) is 4.74 Å². The third-order valence-electron chi connectivity index (χ3n) is 3.89. The van der Waals surface area contributed by atoms with Gasteiger partial charge in [-0.15, -0.1) is 0 Å². The van der Waals surface area contributed by atoms with Crippen LogP contribution < -0.4 is 4.72 Å². The van der Waals surface area contributed by atoms with Crippen LogP contribution in [0.25, 0.3) is 0 Å². The van der Waals surface area contributed by atoms with Gasteiger partial charge < -0.3 is 4.74 Å². The van der Waals surface area contributed by atoms with E-state index in [1.54, 1.807) is 0 Å². The van der Waals surface area contributed by atoms with Crippen molar-refractivity contribution in [2.75, 3.05) is 12.8 Å². The summed E-state index contributed by atoms with van der Waals surface area (Å²) in [6.45, 7) is 0.644. The van der Waals surface area contributed by atoms with E-state index in [0.29, 0.717) is 6.61 Å². The van der Waals surface area contributed by atoms with Gasteiger partial charge in [0.15, 0.2) is 0 Å². The Morgan fingerprint density at radius 3 is 2.40 bits per heavy atom. The predicted octanol–water partition coefficient (Wildman–Crippen LogP) is 2.31. The molecule has 1 aliphatic carbocycles. The van der Waals surface area contributed by atoms with Crippen LogP contribution in [0.1, 0.15) is 31.2 Å². The lowest BCUT2D eigenvalue weighted by Crippen LogP contribution is -2.30. The maximum atomic E-state index is 11.5. The molecule has 112 valence electrons. The van der Waals surface area contributed by atoms with Crippen LogP contribution in [0.4, 0.5) is 0 Å². The molecular weight excluding hydrogens is 274 g/mol. The standard InChI is InChI=1S/C15H23NO3S/c1-16-20(17,18)12-14-7-9-15(10-8-14)19-11-13-5-3-2-4-6-13/h2-6,14-16H,7-12H2,1H3/t14-,15-. The number of hydrogen-bond acceptors (Lipinski definition) is 3. The fraction of sp³-hybridized carbons (Fsp3) is 0.600. The summed E-state index contributed by atoms with van der Waals surface area (Å²) < 4.78 is 31.3. The third-order valence-corrected chi connectivity index (χ3v) is 5.42. The van der Waals surface area contributed by atoms with Crippen LogP contribution >= 0.6 is 0 Å². The summed E-state index contributed by atoms with van der Waals surface area (Å²) in [4.78, 5) is 0. The lowest BCUT2D eigenvalue weighted by Gasteiger charge is -2.28. The minimum Gasteiger partial charge on any atom is -0.374 e. The van der Waals surface area contributed by atoms with E-state index < -0.39 is 10.0 Å². The fourth-order valence-electron chi connectivity index (χ4n) is 2.65. The maximum absolute atomic E-state index is 11.5. The van der Waals surface area contributed by atoms with Crippen LogP contribution in [-0.2, 0) is 21.4 Å². The summed E-state index contributed by atoms with van der Waals surface area (Å²) in [6.07, 6.45) is 4.04. The highest BCUT2D eigenvalue weighted by Gasteiger charge is 2.25. The van der Waals surface area contributed by atoms with E-state index >= 15 is 0 Å². The molecule has 1 aliphatic rings. The maximum Gasteiger partial charge on any atom is 0.211 e. The molecule has 0 radical (unpaired) electrons. The van der Waals surface area contributed by atoms with Crippen molar-refractivity contribution in [3.05, 3.63) is 35.9 Å².